The minimum Gasteiger partial charge on any atom is -0.356 e. The number of fused-ring (bicyclic) bond motifs is 1. The van der Waals surface area contributed by atoms with Crippen molar-refractivity contribution in [3.63, 3.8) is 0 Å². The quantitative estimate of drug-likeness (QED) is 0.234. The fourth-order valence-electron chi connectivity index (χ4n) is 5.99. The molecule has 1 aromatic heterocycles. The Morgan fingerprint density at radius 2 is 1.60 bits per heavy atom. The molecule has 9 nitrogen and oxygen atoms in total. The summed E-state index contributed by atoms with van der Waals surface area (Å²) in [6, 6.07) is 16.6. The van der Waals surface area contributed by atoms with Gasteiger partial charge < -0.3 is 21.3 Å². The van der Waals surface area contributed by atoms with Crippen molar-refractivity contribution in [2.24, 2.45) is 11.8 Å². The molecule has 1 saturated heterocycles. The van der Waals surface area contributed by atoms with Crippen LogP contribution in [0.3, 0.4) is 0 Å². The molecule has 3 aromatic rings. The van der Waals surface area contributed by atoms with Crippen LogP contribution in [0.4, 0.5) is 0 Å². The normalized spacial score (nSPS) is 18.4. The van der Waals surface area contributed by atoms with Gasteiger partial charge in [-0.15, -0.1) is 11.3 Å². The fourth-order valence-corrected chi connectivity index (χ4v) is 6.96. The number of benzene rings is 2. The van der Waals surface area contributed by atoms with Crippen LogP contribution < -0.4 is 21.3 Å². The second kappa shape index (κ2) is 14.4. The molecule has 3 atom stereocenters. The van der Waals surface area contributed by atoms with Crippen LogP contribution in [0.5, 0.6) is 0 Å². The molecule has 0 bridgehead atoms. The molecule has 2 aliphatic rings. The number of thiophene rings is 1. The molecule has 4 N–H and O–H groups in total. The van der Waals surface area contributed by atoms with Gasteiger partial charge in [-0.2, -0.15) is 0 Å². The van der Waals surface area contributed by atoms with E-state index in [0.717, 1.165) is 47.8 Å². The molecule has 1 aliphatic carbocycles. The van der Waals surface area contributed by atoms with E-state index in [1.807, 2.05) is 60.7 Å². The summed E-state index contributed by atoms with van der Waals surface area (Å²) in [5.74, 6) is -2.95. The predicted octanol–water partition coefficient (Wildman–Crippen LogP) is 3.87. The lowest BCUT2D eigenvalue weighted by molar-refractivity contribution is -0.141. The van der Waals surface area contributed by atoms with E-state index in [0.29, 0.717) is 24.3 Å². The van der Waals surface area contributed by atoms with Crippen molar-refractivity contribution in [2.75, 3.05) is 6.54 Å². The van der Waals surface area contributed by atoms with E-state index in [4.69, 9.17) is 0 Å². The Labute approximate surface area is 255 Å². The molecule has 2 aromatic carbocycles. The first-order chi connectivity index (χ1) is 20.9. The smallest absolute Gasteiger partial charge is 0.289 e. The predicted molar refractivity (Wildman–Crippen MR) is 165 cm³/mol. The SMILES string of the molecule is O=C(NCc1ccccc1)C(=O)[C@H](C[C@@H]1CCNC1=O)NC(=O)[C@H](CC1CCCCC1)NC(=O)c1cc2ccccc2s1. The summed E-state index contributed by atoms with van der Waals surface area (Å²) in [5, 5.41) is 12.1. The number of carbonyl (C=O) groups excluding carboxylic acids is 5. The highest BCUT2D eigenvalue weighted by Gasteiger charge is 2.36. The van der Waals surface area contributed by atoms with E-state index in [-0.39, 0.29) is 30.7 Å². The molecule has 5 rings (SSSR count). The minimum absolute atomic E-state index is 0.00950. The highest BCUT2D eigenvalue weighted by Crippen LogP contribution is 2.29. The van der Waals surface area contributed by atoms with Crippen LogP contribution in [0.1, 0.15) is 66.6 Å². The van der Waals surface area contributed by atoms with Crippen LogP contribution in [0, 0.1) is 11.8 Å². The van der Waals surface area contributed by atoms with Crippen molar-refractivity contribution >= 4 is 50.8 Å². The lowest BCUT2D eigenvalue weighted by atomic mass is 9.84. The van der Waals surface area contributed by atoms with Gasteiger partial charge in [0.2, 0.25) is 17.6 Å². The van der Waals surface area contributed by atoms with Gasteiger partial charge in [-0.25, -0.2) is 0 Å². The first-order valence-electron chi connectivity index (χ1n) is 15.1. The Kier molecular flexibility index (Phi) is 10.2. The van der Waals surface area contributed by atoms with Crippen LogP contribution in [0.15, 0.2) is 60.7 Å². The average molecular weight is 603 g/mol. The van der Waals surface area contributed by atoms with E-state index in [1.54, 1.807) is 0 Å². The van der Waals surface area contributed by atoms with E-state index in [2.05, 4.69) is 21.3 Å². The molecule has 4 amide bonds. The zero-order chi connectivity index (χ0) is 30.2. The Bertz CT molecular complexity index is 1430. The topological polar surface area (TPSA) is 133 Å². The minimum atomic E-state index is -1.20. The molecule has 1 aliphatic heterocycles. The standard InChI is InChI=1S/C33H38N4O5S/c38-29(33(42)35-20-22-11-5-2-6-12-22)25(18-24-15-16-34-30(24)39)36-31(40)26(17-21-9-3-1-4-10-21)37-32(41)28-19-23-13-7-8-14-27(23)43-28/h2,5-8,11-14,19,21,24-26H,1,3-4,9-10,15-18,20H2,(H,34,39)(H,35,42)(H,36,40)(H,37,41)/t24-,25-,26-/m0/s1. The van der Waals surface area contributed by atoms with Gasteiger partial charge >= 0.3 is 0 Å². The third-order valence-electron chi connectivity index (χ3n) is 8.40. The van der Waals surface area contributed by atoms with Crippen molar-refractivity contribution in [3.8, 4) is 0 Å². The summed E-state index contributed by atoms with van der Waals surface area (Å²) >= 11 is 1.36. The lowest BCUT2D eigenvalue weighted by Crippen LogP contribution is -2.55. The summed E-state index contributed by atoms with van der Waals surface area (Å²) in [7, 11) is 0. The zero-order valence-electron chi connectivity index (χ0n) is 24.1. The zero-order valence-corrected chi connectivity index (χ0v) is 24.9. The van der Waals surface area contributed by atoms with Crippen LogP contribution in [0.2, 0.25) is 0 Å². The molecule has 1 saturated carbocycles. The molecular formula is C33H38N4O5S. The fraction of sp³-hybridized carbons (Fsp3) is 0.424. The van der Waals surface area contributed by atoms with Crippen molar-refractivity contribution in [1.82, 2.24) is 21.3 Å². The Morgan fingerprint density at radius 1 is 0.860 bits per heavy atom. The average Bonchev–Trinajstić information content (AvgIpc) is 3.65. The molecule has 0 radical (unpaired) electrons. The number of nitrogens with one attached hydrogen (secondary N) is 4. The lowest BCUT2D eigenvalue weighted by Gasteiger charge is -2.28. The summed E-state index contributed by atoms with van der Waals surface area (Å²) in [5.41, 5.74) is 0.830. The molecular weight excluding hydrogens is 564 g/mol. The number of Topliss-reactive ketones (excluding diaryl/α,β-unsaturated/α-hetero) is 1. The Hall–Kier alpha value is -4.05. The van der Waals surface area contributed by atoms with Gasteiger partial charge in [0.1, 0.15) is 6.04 Å². The first kappa shape index (κ1) is 30.4. The number of hydrogen-bond donors (Lipinski definition) is 4. The number of rotatable bonds is 12. The second-order valence-corrected chi connectivity index (χ2v) is 12.6. The van der Waals surface area contributed by atoms with E-state index in [9.17, 15) is 24.0 Å². The third kappa shape index (κ3) is 8.07. The summed E-state index contributed by atoms with van der Waals surface area (Å²) < 4.78 is 0.975. The molecule has 0 spiro atoms. The van der Waals surface area contributed by atoms with Gasteiger partial charge in [0, 0.05) is 23.7 Å². The summed E-state index contributed by atoms with van der Waals surface area (Å²) in [4.78, 5) is 66.4. The van der Waals surface area contributed by atoms with Gasteiger partial charge in [0.25, 0.3) is 11.8 Å². The maximum atomic E-state index is 13.8. The Morgan fingerprint density at radius 3 is 2.33 bits per heavy atom. The molecule has 0 unspecified atom stereocenters. The van der Waals surface area contributed by atoms with Gasteiger partial charge in [-0.3, -0.25) is 24.0 Å². The van der Waals surface area contributed by atoms with Crippen molar-refractivity contribution in [3.05, 3.63) is 71.1 Å². The summed E-state index contributed by atoms with van der Waals surface area (Å²) in [6.07, 6.45) is 6.19. The third-order valence-corrected chi connectivity index (χ3v) is 9.52. The largest absolute Gasteiger partial charge is 0.356 e. The van der Waals surface area contributed by atoms with Crippen molar-refractivity contribution < 1.29 is 24.0 Å². The van der Waals surface area contributed by atoms with Gasteiger partial charge in [0.05, 0.1) is 10.9 Å². The van der Waals surface area contributed by atoms with Crippen molar-refractivity contribution in [2.45, 2.75) is 70.0 Å². The monoisotopic (exact) mass is 602 g/mol. The van der Waals surface area contributed by atoms with Crippen LogP contribution >= 0.6 is 11.3 Å². The van der Waals surface area contributed by atoms with Crippen molar-refractivity contribution in [1.29, 1.82) is 0 Å². The van der Waals surface area contributed by atoms with Crippen LogP contribution in [-0.4, -0.2) is 48.0 Å². The maximum Gasteiger partial charge on any atom is 0.289 e. The highest BCUT2D eigenvalue weighted by molar-refractivity contribution is 7.20. The number of ketones is 1. The van der Waals surface area contributed by atoms with Gasteiger partial charge in [-0.05, 0) is 48.3 Å². The second-order valence-electron chi connectivity index (χ2n) is 11.5. The summed E-state index contributed by atoms with van der Waals surface area (Å²) in [6.45, 7) is 0.639. The Balaban J connectivity index is 1.32. The molecule has 2 heterocycles. The molecule has 2 fully saturated rings. The maximum absolute atomic E-state index is 13.8. The van der Waals surface area contributed by atoms with Gasteiger partial charge in [-0.1, -0.05) is 80.6 Å². The van der Waals surface area contributed by atoms with E-state index in [1.165, 1.54) is 11.3 Å². The van der Waals surface area contributed by atoms with Gasteiger partial charge in [0.15, 0.2) is 0 Å². The number of carbonyl (C=O) groups is 5. The number of hydrogen-bond acceptors (Lipinski definition) is 6. The van der Waals surface area contributed by atoms with E-state index >= 15 is 0 Å². The first-order valence-corrected chi connectivity index (χ1v) is 15.9. The molecule has 43 heavy (non-hydrogen) atoms. The van der Waals surface area contributed by atoms with E-state index < -0.39 is 35.6 Å². The molecule has 10 heteroatoms. The molecule has 226 valence electrons. The number of amides is 4. The van der Waals surface area contributed by atoms with Crippen LogP contribution in [0.25, 0.3) is 10.1 Å². The highest BCUT2D eigenvalue weighted by atomic mass is 32.1. The van der Waals surface area contributed by atoms with Crippen LogP contribution in [-0.2, 0) is 25.7 Å².